The summed E-state index contributed by atoms with van der Waals surface area (Å²) < 4.78 is 5.32. The third-order valence-electron chi connectivity index (χ3n) is 2.89. The van der Waals surface area contributed by atoms with Crippen molar-refractivity contribution in [3.63, 3.8) is 0 Å². The van der Waals surface area contributed by atoms with Crippen LogP contribution in [0.15, 0.2) is 0 Å². The molecule has 0 radical (unpaired) electrons. The van der Waals surface area contributed by atoms with Gasteiger partial charge in [0, 0.05) is 19.0 Å². The van der Waals surface area contributed by atoms with Gasteiger partial charge in [-0.15, -0.1) is 0 Å². The zero-order valence-electron chi connectivity index (χ0n) is 11.4. The number of hydrogen-bond donors (Lipinski definition) is 2. The van der Waals surface area contributed by atoms with E-state index >= 15 is 0 Å². The van der Waals surface area contributed by atoms with Gasteiger partial charge in [-0.05, 0) is 40.0 Å². The monoisotopic (exact) mass is 257 g/mol. The number of hydrazine groups is 1. The molecule has 1 rings (SSSR count). The first-order valence-corrected chi connectivity index (χ1v) is 6.32. The lowest BCUT2D eigenvalue weighted by atomic mass is 10.0. The first-order valence-electron chi connectivity index (χ1n) is 6.32. The number of ether oxygens (including phenoxy) is 1. The summed E-state index contributed by atoms with van der Waals surface area (Å²) in [6.45, 7) is 6.68. The molecule has 2 amide bonds. The van der Waals surface area contributed by atoms with Crippen LogP contribution in [0, 0.1) is 5.92 Å². The van der Waals surface area contributed by atoms with E-state index in [1.54, 1.807) is 4.90 Å². The van der Waals surface area contributed by atoms with Gasteiger partial charge in [0.15, 0.2) is 0 Å². The molecule has 0 aromatic carbocycles. The molecule has 0 unspecified atom stereocenters. The summed E-state index contributed by atoms with van der Waals surface area (Å²) >= 11 is 0. The van der Waals surface area contributed by atoms with E-state index < -0.39 is 5.60 Å². The zero-order chi connectivity index (χ0) is 13.8. The predicted molar refractivity (Wildman–Crippen MR) is 67.5 cm³/mol. The fourth-order valence-corrected chi connectivity index (χ4v) is 1.99. The minimum absolute atomic E-state index is 0.109. The third kappa shape index (κ3) is 4.52. The maximum Gasteiger partial charge on any atom is 0.410 e. The van der Waals surface area contributed by atoms with E-state index in [1.165, 1.54) is 0 Å². The van der Waals surface area contributed by atoms with Gasteiger partial charge in [-0.1, -0.05) is 0 Å². The molecule has 1 atom stereocenters. The lowest BCUT2D eigenvalue weighted by Crippen LogP contribution is -2.38. The van der Waals surface area contributed by atoms with Crippen LogP contribution in [0.1, 0.15) is 40.0 Å². The molecule has 0 saturated carbocycles. The summed E-state index contributed by atoms with van der Waals surface area (Å²) in [5.41, 5.74) is 1.68. The van der Waals surface area contributed by atoms with Crippen molar-refractivity contribution in [3.8, 4) is 0 Å². The van der Waals surface area contributed by atoms with Gasteiger partial charge in [0.25, 0.3) is 0 Å². The number of nitrogens with two attached hydrogens (primary N) is 1. The number of amides is 2. The number of carbonyl (C=O) groups excluding carboxylic acids is 2. The van der Waals surface area contributed by atoms with E-state index in [1.807, 2.05) is 20.8 Å². The van der Waals surface area contributed by atoms with Crippen molar-refractivity contribution in [3.05, 3.63) is 0 Å². The zero-order valence-corrected chi connectivity index (χ0v) is 11.4. The molecule has 6 heteroatoms. The lowest BCUT2D eigenvalue weighted by Gasteiger charge is -2.26. The molecule has 3 N–H and O–H groups in total. The lowest BCUT2D eigenvalue weighted by molar-refractivity contribution is -0.125. The quantitative estimate of drug-likeness (QED) is 0.417. The summed E-state index contributed by atoms with van der Waals surface area (Å²) in [5, 5.41) is 0. The number of hydrogen-bond acceptors (Lipinski definition) is 4. The minimum atomic E-state index is -0.489. The van der Waals surface area contributed by atoms with Gasteiger partial charge in [0.1, 0.15) is 5.60 Å². The first-order chi connectivity index (χ1) is 8.33. The van der Waals surface area contributed by atoms with Crippen LogP contribution in [0.25, 0.3) is 0 Å². The second-order valence-electron chi connectivity index (χ2n) is 5.60. The predicted octanol–water partition coefficient (Wildman–Crippen LogP) is 1.01. The largest absolute Gasteiger partial charge is 0.444 e. The SMILES string of the molecule is CC(C)(C)OC(=O)N1CCC[C@@H](C(=O)NN)CC1. The van der Waals surface area contributed by atoms with Gasteiger partial charge in [-0.3, -0.25) is 10.2 Å². The topological polar surface area (TPSA) is 84.7 Å². The molecule has 0 aromatic rings. The Balaban J connectivity index is 2.51. The summed E-state index contributed by atoms with van der Waals surface area (Å²) in [7, 11) is 0. The molecule has 1 fully saturated rings. The standard InChI is InChI=1S/C12H23N3O3/c1-12(2,3)18-11(17)15-7-4-5-9(6-8-15)10(16)14-13/h9H,4-8,13H2,1-3H3,(H,14,16)/t9-/m1/s1. The average Bonchev–Trinajstić information content (AvgIpc) is 2.51. The maximum absolute atomic E-state index is 11.9. The van der Waals surface area contributed by atoms with E-state index in [2.05, 4.69) is 5.43 Å². The number of nitrogens with one attached hydrogen (secondary N) is 1. The Bertz CT molecular complexity index is 312. The van der Waals surface area contributed by atoms with Crippen molar-refractivity contribution in [2.24, 2.45) is 11.8 Å². The summed E-state index contributed by atoms with van der Waals surface area (Å²) in [6.07, 6.45) is 1.86. The van der Waals surface area contributed by atoms with Crippen LogP contribution < -0.4 is 11.3 Å². The molecular formula is C12H23N3O3. The Morgan fingerprint density at radius 1 is 1.28 bits per heavy atom. The molecule has 1 aliphatic heterocycles. The average molecular weight is 257 g/mol. The Morgan fingerprint density at radius 2 is 1.94 bits per heavy atom. The number of rotatable bonds is 1. The Morgan fingerprint density at radius 3 is 2.50 bits per heavy atom. The van der Waals surface area contributed by atoms with Crippen LogP contribution in [-0.4, -0.2) is 35.6 Å². The van der Waals surface area contributed by atoms with E-state index in [9.17, 15) is 9.59 Å². The highest BCUT2D eigenvalue weighted by Crippen LogP contribution is 2.19. The fraction of sp³-hybridized carbons (Fsp3) is 0.833. The highest BCUT2D eigenvalue weighted by atomic mass is 16.6. The second kappa shape index (κ2) is 6.04. The number of carbonyl (C=O) groups is 2. The molecular weight excluding hydrogens is 234 g/mol. The van der Waals surface area contributed by atoms with E-state index in [4.69, 9.17) is 10.6 Å². The molecule has 1 saturated heterocycles. The van der Waals surface area contributed by atoms with Gasteiger partial charge in [0.05, 0.1) is 0 Å². The van der Waals surface area contributed by atoms with E-state index in [0.29, 0.717) is 19.5 Å². The normalized spacial score (nSPS) is 21.1. The van der Waals surface area contributed by atoms with Gasteiger partial charge in [-0.25, -0.2) is 10.6 Å². The van der Waals surface area contributed by atoms with Crippen LogP contribution in [0.5, 0.6) is 0 Å². The summed E-state index contributed by atoms with van der Waals surface area (Å²) in [5.74, 6) is 4.87. The van der Waals surface area contributed by atoms with Crippen LogP contribution in [-0.2, 0) is 9.53 Å². The van der Waals surface area contributed by atoms with Crippen molar-refractivity contribution in [1.82, 2.24) is 10.3 Å². The summed E-state index contributed by atoms with van der Waals surface area (Å²) in [6, 6.07) is 0. The van der Waals surface area contributed by atoms with Crippen LogP contribution in [0.2, 0.25) is 0 Å². The molecule has 0 aliphatic carbocycles. The Hall–Kier alpha value is -1.30. The van der Waals surface area contributed by atoms with Crippen molar-refractivity contribution in [2.45, 2.75) is 45.6 Å². The van der Waals surface area contributed by atoms with Crippen molar-refractivity contribution in [1.29, 1.82) is 0 Å². The number of likely N-dealkylation sites (tertiary alicyclic amines) is 1. The van der Waals surface area contributed by atoms with Crippen LogP contribution in [0.3, 0.4) is 0 Å². The Labute approximate surface area is 108 Å². The smallest absolute Gasteiger partial charge is 0.410 e. The minimum Gasteiger partial charge on any atom is -0.444 e. The first kappa shape index (κ1) is 14.8. The number of nitrogens with zero attached hydrogens (tertiary/aromatic N) is 1. The van der Waals surface area contributed by atoms with Crippen molar-refractivity contribution < 1.29 is 14.3 Å². The summed E-state index contributed by atoms with van der Waals surface area (Å²) in [4.78, 5) is 25.0. The molecule has 0 bridgehead atoms. The highest BCUT2D eigenvalue weighted by molar-refractivity contribution is 5.78. The molecule has 104 valence electrons. The van der Waals surface area contributed by atoms with Crippen molar-refractivity contribution in [2.75, 3.05) is 13.1 Å². The van der Waals surface area contributed by atoms with Crippen molar-refractivity contribution >= 4 is 12.0 Å². The molecule has 0 spiro atoms. The van der Waals surface area contributed by atoms with Crippen LogP contribution >= 0.6 is 0 Å². The fourth-order valence-electron chi connectivity index (χ4n) is 1.99. The van der Waals surface area contributed by atoms with Crippen LogP contribution in [0.4, 0.5) is 4.79 Å². The van der Waals surface area contributed by atoms with E-state index in [0.717, 1.165) is 12.8 Å². The molecule has 6 nitrogen and oxygen atoms in total. The maximum atomic E-state index is 11.9. The molecule has 18 heavy (non-hydrogen) atoms. The molecule has 1 aliphatic rings. The Kier molecular flexibility index (Phi) is 4.95. The van der Waals surface area contributed by atoms with Gasteiger partial charge >= 0.3 is 6.09 Å². The van der Waals surface area contributed by atoms with Gasteiger partial charge in [-0.2, -0.15) is 0 Å². The molecule has 1 heterocycles. The molecule has 0 aromatic heterocycles. The van der Waals surface area contributed by atoms with Gasteiger partial charge < -0.3 is 9.64 Å². The van der Waals surface area contributed by atoms with E-state index in [-0.39, 0.29) is 17.9 Å². The highest BCUT2D eigenvalue weighted by Gasteiger charge is 2.27. The van der Waals surface area contributed by atoms with Gasteiger partial charge in [0.2, 0.25) is 5.91 Å². The third-order valence-corrected chi connectivity index (χ3v) is 2.89. The second-order valence-corrected chi connectivity index (χ2v) is 5.60.